The predicted molar refractivity (Wildman–Crippen MR) is 80.8 cm³/mol. The van der Waals surface area contributed by atoms with Gasteiger partial charge in [0.15, 0.2) is 0 Å². The number of likely N-dealkylation sites (N-methyl/N-ethyl adjacent to an activating group) is 1. The molecule has 0 saturated heterocycles. The first-order valence-electron chi connectivity index (χ1n) is 7.70. The number of nitrogens with one attached hydrogen (secondary N) is 1. The highest BCUT2D eigenvalue weighted by Crippen LogP contribution is 2.26. The Hall–Kier alpha value is -1.32. The standard InChI is InChI=1S/C17H23NO2/c1-2-18-15(12-19-14-8-4-5-9-14)17-11-13-7-3-6-10-16(13)20-17/h3,6-7,10-11,14-15,18H,2,4-5,8-9,12H2,1H3. The first-order valence-corrected chi connectivity index (χ1v) is 7.70. The minimum Gasteiger partial charge on any atom is -0.459 e. The molecule has 0 spiro atoms. The van der Waals surface area contributed by atoms with Gasteiger partial charge in [0.2, 0.25) is 0 Å². The summed E-state index contributed by atoms with van der Waals surface area (Å²) in [5.74, 6) is 0.978. The number of para-hydroxylation sites is 1. The molecule has 0 bridgehead atoms. The SMILES string of the molecule is CCNC(COC1CCCC1)c1cc2ccccc2o1. The van der Waals surface area contributed by atoms with Crippen LogP contribution >= 0.6 is 0 Å². The van der Waals surface area contributed by atoms with Gasteiger partial charge in [-0.2, -0.15) is 0 Å². The highest BCUT2D eigenvalue weighted by molar-refractivity contribution is 5.77. The van der Waals surface area contributed by atoms with Gasteiger partial charge in [0.25, 0.3) is 0 Å². The van der Waals surface area contributed by atoms with E-state index in [0.29, 0.717) is 12.7 Å². The molecular formula is C17H23NO2. The predicted octanol–water partition coefficient (Wildman–Crippen LogP) is 4.04. The van der Waals surface area contributed by atoms with Gasteiger partial charge in [-0.3, -0.25) is 0 Å². The molecule has 1 atom stereocenters. The van der Waals surface area contributed by atoms with Crippen molar-refractivity contribution in [1.29, 1.82) is 0 Å². The van der Waals surface area contributed by atoms with E-state index in [2.05, 4.69) is 24.4 Å². The minimum absolute atomic E-state index is 0.146. The average molecular weight is 273 g/mol. The zero-order valence-electron chi connectivity index (χ0n) is 12.1. The third-order valence-corrected chi connectivity index (χ3v) is 4.04. The van der Waals surface area contributed by atoms with Crippen LogP contribution in [0.3, 0.4) is 0 Å². The summed E-state index contributed by atoms with van der Waals surface area (Å²) >= 11 is 0. The lowest BCUT2D eigenvalue weighted by Crippen LogP contribution is -2.26. The van der Waals surface area contributed by atoms with Crippen LogP contribution in [-0.4, -0.2) is 19.3 Å². The molecule has 20 heavy (non-hydrogen) atoms. The molecule has 0 amide bonds. The van der Waals surface area contributed by atoms with Crippen LogP contribution in [0.4, 0.5) is 0 Å². The Morgan fingerprint density at radius 3 is 2.85 bits per heavy atom. The van der Waals surface area contributed by atoms with E-state index in [1.54, 1.807) is 0 Å². The number of benzene rings is 1. The van der Waals surface area contributed by atoms with Crippen LogP contribution < -0.4 is 5.32 Å². The van der Waals surface area contributed by atoms with Crippen molar-refractivity contribution in [1.82, 2.24) is 5.32 Å². The van der Waals surface area contributed by atoms with Gasteiger partial charge >= 0.3 is 0 Å². The van der Waals surface area contributed by atoms with Crippen LogP contribution in [0.5, 0.6) is 0 Å². The van der Waals surface area contributed by atoms with Crippen molar-refractivity contribution >= 4 is 11.0 Å². The molecule has 3 nitrogen and oxygen atoms in total. The quantitative estimate of drug-likeness (QED) is 0.862. The summed E-state index contributed by atoms with van der Waals surface area (Å²) in [4.78, 5) is 0. The summed E-state index contributed by atoms with van der Waals surface area (Å²) in [5, 5.41) is 4.62. The first kappa shape index (κ1) is 13.7. The molecule has 1 heterocycles. The summed E-state index contributed by atoms with van der Waals surface area (Å²) in [7, 11) is 0. The average Bonchev–Trinajstić information content (AvgIpc) is 3.12. The van der Waals surface area contributed by atoms with Gasteiger partial charge in [-0.25, -0.2) is 0 Å². The van der Waals surface area contributed by atoms with Gasteiger partial charge in [0.1, 0.15) is 11.3 Å². The molecular weight excluding hydrogens is 250 g/mol. The van der Waals surface area contributed by atoms with E-state index < -0.39 is 0 Å². The summed E-state index contributed by atoms with van der Waals surface area (Å²) in [5.41, 5.74) is 0.950. The van der Waals surface area contributed by atoms with Gasteiger partial charge in [0.05, 0.1) is 18.8 Å². The minimum atomic E-state index is 0.146. The first-order chi connectivity index (χ1) is 9.86. The van der Waals surface area contributed by atoms with Gasteiger partial charge in [0, 0.05) is 5.39 Å². The summed E-state index contributed by atoms with van der Waals surface area (Å²) in [6, 6.07) is 10.4. The monoisotopic (exact) mass is 273 g/mol. The molecule has 108 valence electrons. The maximum absolute atomic E-state index is 6.05. The van der Waals surface area contributed by atoms with E-state index in [0.717, 1.165) is 23.3 Å². The van der Waals surface area contributed by atoms with Crippen molar-refractivity contribution in [3.05, 3.63) is 36.1 Å². The van der Waals surface area contributed by atoms with E-state index in [1.165, 1.54) is 25.7 Å². The third-order valence-electron chi connectivity index (χ3n) is 4.04. The van der Waals surface area contributed by atoms with Crippen molar-refractivity contribution in [2.45, 2.75) is 44.8 Å². The Labute approximate surface area is 120 Å². The van der Waals surface area contributed by atoms with Crippen molar-refractivity contribution in [2.75, 3.05) is 13.2 Å². The van der Waals surface area contributed by atoms with E-state index in [9.17, 15) is 0 Å². The number of ether oxygens (including phenoxy) is 1. The largest absolute Gasteiger partial charge is 0.459 e. The lowest BCUT2D eigenvalue weighted by Gasteiger charge is -2.18. The van der Waals surface area contributed by atoms with Gasteiger partial charge in [-0.1, -0.05) is 38.0 Å². The maximum atomic E-state index is 6.05. The molecule has 3 rings (SSSR count). The summed E-state index contributed by atoms with van der Waals surface area (Å²) in [6.45, 7) is 3.72. The lowest BCUT2D eigenvalue weighted by atomic mass is 10.2. The molecule has 0 radical (unpaired) electrons. The topological polar surface area (TPSA) is 34.4 Å². The van der Waals surface area contributed by atoms with E-state index in [4.69, 9.17) is 9.15 Å². The maximum Gasteiger partial charge on any atom is 0.134 e. The molecule has 1 aromatic heterocycles. The second-order valence-corrected chi connectivity index (χ2v) is 5.54. The van der Waals surface area contributed by atoms with Crippen LogP contribution in [0.2, 0.25) is 0 Å². The van der Waals surface area contributed by atoms with Crippen LogP contribution in [0.25, 0.3) is 11.0 Å². The molecule has 3 heteroatoms. The fourth-order valence-corrected chi connectivity index (χ4v) is 2.95. The molecule has 1 unspecified atom stereocenters. The molecule has 1 aromatic carbocycles. The second kappa shape index (κ2) is 6.42. The van der Waals surface area contributed by atoms with Crippen LogP contribution in [0.1, 0.15) is 44.4 Å². The van der Waals surface area contributed by atoms with Crippen LogP contribution in [0.15, 0.2) is 34.7 Å². The Morgan fingerprint density at radius 1 is 1.30 bits per heavy atom. The molecule has 1 N–H and O–H groups in total. The fourth-order valence-electron chi connectivity index (χ4n) is 2.95. The van der Waals surface area contributed by atoms with Crippen LogP contribution in [0, 0.1) is 0 Å². The zero-order chi connectivity index (χ0) is 13.8. The Bertz CT molecular complexity index is 510. The number of hydrogen-bond acceptors (Lipinski definition) is 3. The smallest absolute Gasteiger partial charge is 0.134 e. The van der Waals surface area contributed by atoms with Crippen molar-refractivity contribution in [3.63, 3.8) is 0 Å². The molecule has 1 aliphatic carbocycles. The zero-order valence-corrected chi connectivity index (χ0v) is 12.1. The van der Waals surface area contributed by atoms with E-state index in [-0.39, 0.29) is 6.04 Å². The van der Waals surface area contributed by atoms with E-state index in [1.807, 2.05) is 18.2 Å². The Kier molecular flexibility index (Phi) is 4.38. The number of rotatable bonds is 6. The highest BCUT2D eigenvalue weighted by Gasteiger charge is 2.20. The normalized spacial score (nSPS) is 17.9. The molecule has 1 aliphatic rings. The number of hydrogen-bond donors (Lipinski definition) is 1. The third kappa shape index (κ3) is 3.05. The Balaban J connectivity index is 1.71. The molecule has 2 aromatic rings. The van der Waals surface area contributed by atoms with Crippen molar-refractivity contribution in [2.24, 2.45) is 0 Å². The van der Waals surface area contributed by atoms with Gasteiger partial charge < -0.3 is 14.5 Å². The second-order valence-electron chi connectivity index (χ2n) is 5.54. The molecule has 1 saturated carbocycles. The van der Waals surface area contributed by atoms with Gasteiger partial charge in [-0.05, 0) is 31.5 Å². The van der Waals surface area contributed by atoms with Crippen molar-refractivity contribution < 1.29 is 9.15 Å². The summed E-state index contributed by atoms with van der Waals surface area (Å²) < 4.78 is 12.0. The molecule has 1 fully saturated rings. The van der Waals surface area contributed by atoms with Crippen molar-refractivity contribution in [3.8, 4) is 0 Å². The van der Waals surface area contributed by atoms with Crippen LogP contribution in [-0.2, 0) is 4.74 Å². The van der Waals surface area contributed by atoms with E-state index >= 15 is 0 Å². The fraction of sp³-hybridized carbons (Fsp3) is 0.529. The summed E-state index contributed by atoms with van der Waals surface area (Å²) in [6.07, 6.45) is 5.47. The van der Waals surface area contributed by atoms with Gasteiger partial charge in [-0.15, -0.1) is 0 Å². The molecule has 0 aliphatic heterocycles. The number of fused-ring (bicyclic) bond motifs is 1. The highest BCUT2D eigenvalue weighted by atomic mass is 16.5. The Morgan fingerprint density at radius 2 is 2.10 bits per heavy atom. The number of furan rings is 1. The lowest BCUT2D eigenvalue weighted by molar-refractivity contribution is 0.0394.